The lowest BCUT2D eigenvalue weighted by atomic mass is 9.94. The second-order valence-corrected chi connectivity index (χ2v) is 7.99. The van der Waals surface area contributed by atoms with Gasteiger partial charge in [0.15, 0.2) is 17.3 Å². The van der Waals surface area contributed by atoms with Crippen LogP contribution in [0.4, 0.5) is 0 Å². The fourth-order valence-electron chi connectivity index (χ4n) is 3.62. The number of aromatic amines is 1. The van der Waals surface area contributed by atoms with Crippen molar-refractivity contribution in [2.24, 2.45) is 0 Å². The lowest BCUT2D eigenvalue weighted by Crippen LogP contribution is -2.18. The summed E-state index contributed by atoms with van der Waals surface area (Å²) < 4.78 is 11.4. The number of H-pyrrole nitrogens is 1. The maximum Gasteiger partial charge on any atom is 0.260 e. The number of carbonyl (C=O) groups is 1. The van der Waals surface area contributed by atoms with Crippen molar-refractivity contribution < 1.29 is 14.3 Å². The number of rotatable bonds is 6. The van der Waals surface area contributed by atoms with Gasteiger partial charge in [-0.3, -0.25) is 9.59 Å². The summed E-state index contributed by atoms with van der Waals surface area (Å²) in [5, 5.41) is 0.785. The number of methoxy groups -OCH3 is 2. The first-order valence-corrected chi connectivity index (χ1v) is 10.7. The second-order valence-electron chi connectivity index (χ2n) is 7.07. The topological polar surface area (TPSA) is 68.4 Å². The first-order valence-electron chi connectivity index (χ1n) is 9.87. The molecule has 0 amide bonds. The first kappa shape index (κ1) is 21.6. The summed E-state index contributed by atoms with van der Waals surface area (Å²) in [6.45, 7) is 0. The fraction of sp³-hybridized carbons (Fsp3) is 0.0769. The molecule has 0 fully saturated rings. The molecule has 0 saturated heterocycles. The van der Waals surface area contributed by atoms with Gasteiger partial charge in [0.05, 0.1) is 19.8 Å². The Morgan fingerprint density at radius 2 is 1.69 bits per heavy atom. The van der Waals surface area contributed by atoms with Gasteiger partial charge in [-0.15, -0.1) is 0 Å². The van der Waals surface area contributed by atoms with Gasteiger partial charge < -0.3 is 14.5 Å². The minimum atomic E-state index is -0.430. The maximum absolute atomic E-state index is 13.3. The number of fused-ring (bicyclic) bond motifs is 1. The number of halogens is 1. The summed E-state index contributed by atoms with van der Waals surface area (Å²) in [4.78, 5) is 29.1. The normalized spacial score (nSPS) is 11.1. The molecule has 0 aliphatic heterocycles. The highest BCUT2D eigenvalue weighted by Crippen LogP contribution is 2.32. The van der Waals surface area contributed by atoms with E-state index in [0.717, 1.165) is 21.0 Å². The van der Waals surface area contributed by atoms with Crippen LogP contribution in [0.3, 0.4) is 0 Å². The monoisotopic (exact) mass is 489 g/mol. The van der Waals surface area contributed by atoms with Crippen molar-refractivity contribution in [3.8, 4) is 22.6 Å². The van der Waals surface area contributed by atoms with Crippen LogP contribution in [0.5, 0.6) is 11.5 Å². The third kappa shape index (κ3) is 4.22. The molecule has 0 unspecified atom stereocenters. The first-order chi connectivity index (χ1) is 15.5. The Morgan fingerprint density at radius 1 is 0.938 bits per heavy atom. The average Bonchev–Trinajstić information content (AvgIpc) is 2.82. The molecule has 0 saturated carbocycles. The van der Waals surface area contributed by atoms with Crippen molar-refractivity contribution in [3.63, 3.8) is 0 Å². The van der Waals surface area contributed by atoms with Gasteiger partial charge in [-0.25, -0.2) is 0 Å². The van der Waals surface area contributed by atoms with E-state index >= 15 is 0 Å². The van der Waals surface area contributed by atoms with E-state index in [-0.39, 0.29) is 11.3 Å². The van der Waals surface area contributed by atoms with Crippen molar-refractivity contribution in [2.45, 2.75) is 0 Å². The van der Waals surface area contributed by atoms with Crippen LogP contribution in [-0.4, -0.2) is 25.0 Å². The summed E-state index contributed by atoms with van der Waals surface area (Å²) in [7, 11) is 3.11. The zero-order valence-corrected chi connectivity index (χ0v) is 19.1. The van der Waals surface area contributed by atoms with Crippen LogP contribution < -0.4 is 15.0 Å². The summed E-state index contributed by atoms with van der Waals surface area (Å²) in [5.41, 5.74) is 2.48. The van der Waals surface area contributed by atoms with Crippen molar-refractivity contribution in [1.29, 1.82) is 0 Å². The highest BCUT2D eigenvalue weighted by atomic mass is 79.9. The smallest absolute Gasteiger partial charge is 0.260 e. The Labute approximate surface area is 193 Å². The molecule has 0 spiro atoms. The van der Waals surface area contributed by atoms with E-state index < -0.39 is 5.56 Å². The summed E-state index contributed by atoms with van der Waals surface area (Å²) >= 11 is 3.49. The Bertz CT molecular complexity index is 1390. The number of aromatic nitrogens is 1. The zero-order chi connectivity index (χ0) is 22.7. The number of pyridine rings is 1. The molecule has 3 aromatic carbocycles. The van der Waals surface area contributed by atoms with Crippen LogP contribution >= 0.6 is 15.9 Å². The summed E-state index contributed by atoms with van der Waals surface area (Å²) in [6, 6.07) is 20.4. The highest BCUT2D eigenvalue weighted by Gasteiger charge is 2.19. The Morgan fingerprint density at radius 3 is 2.41 bits per heavy atom. The standard InChI is InChI=1S/C26H20BrNO4/c1-31-22-13-9-16(14-23(22)32-2)8-12-21(29)25-24(17-6-4-3-5-7-17)19-15-18(27)10-11-20(19)28-26(25)30/h3-15H,1-2H3,(H,28,30)/b12-8+. The minimum absolute atomic E-state index is 0.0959. The van der Waals surface area contributed by atoms with E-state index in [2.05, 4.69) is 20.9 Å². The summed E-state index contributed by atoms with van der Waals surface area (Å²) in [5.74, 6) is 0.765. The van der Waals surface area contributed by atoms with Gasteiger partial charge >= 0.3 is 0 Å². The van der Waals surface area contributed by atoms with Gasteiger partial charge in [0.2, 0.25) is 0 Å². The van der Waals surface area contributed by atoms with Gasteiger partial charge in [0, 0.05) is 20.9 Å². The van der Waals surface area contributed by atoms with Gasteiger partial charge in [-0.2, -0.15) is 0 Å². The van der Waals surface area contributed by atoms with E-state index in [1.54, 1.807) is 32.4 Å². The number of ketones is 1. The van der Waals surface area contributed by atoms with E-state index in [4.69, 9.17) is 9.47 Å². The third-order valence-corrected chi connectivity index (χ3v) is 5.61. The fourth-order valence-corrected chi connectivity index (χ4v) is 3.98. The van der Waals surface area contributed by atoms with Crippen LogP contribution in [-0.2, 0) is 0 Å². The molecule has 0 aliphatic rings. The van der Waals surface area contributed by atoms with E-state index in [0.29, 0.717) is 22.6 Å². The molecule has 1 aromatic heterocycles. The Balaban J connectivity index is 1.85. The minimum Gasteiger partial charge on any atom is -0.493 e. The number of hydrogen-bond acceptors (Lipinski definition) is 4. The summed E-state index contributed by atoms with van der Waals surface area (Å²) in [6.07, 6.45) is 3.06. The molecular weight excluding hydrogens is 470 g/mol. The van der Waals surface area contributed by atoms with Crippen LogP contribution in [0.25, 0.3) is 28.1 Å². The zero-order valence-electron chi connectivity index (χ0n) is 17.5. The molecule has 1 heterocycles. The largest absolute Gasteiger partial charge is 0.493 e. The molecule has 4 aromatic rings. The van der Waals surface area contributed by atoms with E-state index in [9.17, 15) is 9.59 Å². The molecule has 0 atom stereocenters. The average molecular weight is 490 g/mol. The Kier molecular flexibility index (Phi) is 6.23. The lowest BCUT2D eigenvalue weighted by Gasteiger charge is -2.12. The van der Waals surface area contributed by atoms with Gasteiger partial charge in [0.25, 0.3) is 5.56 Å². The number of benzene rings is 3. The molecule has 5 nitrogen and oxygen atoms in total. The number of carbonyl (C=O) groups excluding carboxylic acids is 1. The molecular formula is C26H20BrNO4. The molecule has 0 aliphatic carbocycles. The van der Waals surface area contributed by atoms with Crippen molar-refractivity contribution in [3.05, 3.63) is 98.8 Å². The van der Waals surface area contributed by atoms with E-state index in [1.165, 1.54) is 6.08 Å². The second kappa shape index (κ2) is 9.24. The molecule has 32 heavy (non-hydrogen) atoms. The number of nitrogens with one attached hydrogen (secondary N) is 1. The van der Waals surface area contributed by atoms with Crippen LogP contribution in [0, 0.1) is 0 Å². The number of ether oxygens (including phenoxy) is 2. The molecule has 0 radical (unpaired) electrons. The Hall–Kier alpha value is -3.64. The third-order valence-electron chi connectivity index (χ3n) is 5.12. The molecule has 0 bridgehead atoms. The number of allylic oxidation sites excluding steroid dienone is 1. The van der Waals surface area contributed by atoms with Gasteiger partial charge in [-0.05, 0) is 47.5 Å². The van der Waals surface area contributed by atoms with Crippen LogP contribution in [0.15, 0.2) is 82.1 Å². The van der Waals surface area contributed by atoms with Crippen molar-refractivity contribution >= 4 is 38.7 Å². The molecule has 160 valence electrons. The highest BCUT2D eigenvalue weighted by molar-refractivity contribution is 9.10. The maximum atomic E-state index is 13.3. The van der Waals surface area contributed by atoms with Gasteiger partial charge in [0.1, 0.15) is 0 Å². The quantitative estimate of drug-likeness (QED) is 0.271. The van der Waals surface area contributed by atoms with Gasteiger partial charge in [-0.1, -0.05) is 58.4 Å². The predicted octanol–water partition coefficient (Wildman–Crippen LogP) is 5.87. The predicted molar refractivity (Wildman–Crippen MR) is 131 cm³/mol. The van der Waals surface area contributed by atoms with E-state index in [1.807, 2.05) is 54.6 Å². The van der Waals surface area contributed by atoms with Crippen LogP contribution in [0.1, 0.15) is 15.9 Å². The molecule has 6 heteroatoms. The molecule has 4 rings (SSSR count). The van der Waals surface area contributed by atoms with Crippen LogP contribution in [0.2, 0.25) is 0 Å². The van der Waals surface area contributed by atoms with Crippen molar-refractivity contribution in [2.75, 3.05) is 14.2 Å². The lowest BCUT2D eigenvalue weighted by molar-refractivity contribution is 0.104. The molecule has 1 N–H and O–H groups in total. The SMILES string of the molecule is COc1ccc(/C=C/C(=O)c2c(-c3ccccc3)c3cc(Br)ccc3[nH]c2=O)cc1OC. The van der Waals surface area contributed by atoms with Crippen molar-refractivity contribution in [1.82, 2.24) is 4.98 Å². The number of hydrogen-bond donors (Lipinski definition) is 1.